The van der Waals surface area contributed by atoms with E-state index in [0.29, 0.717) is 72.3 Å². The molecule has 0 spiro atoms. The molecular weight excluding hydrogens is 729 g/mol. The van der Waals surface area contributed by atoms with Crippen LogP contribution in [0.15, 0.2) is 53.9 Å². The van der Waals surface area contributed by atoms with E-state index in [1.807, 2.05) is 0 Å². The number of hydrogen-bond donors (Lipinski definition) is 2. The van der Waals surface area contributed by atoms with Crippen molar-refractivity contribution in [3.63, 3.8) is 0 Å². The van der Waals surface area contributed by atoms with Crippen molar-refractivity contribution in [3.05, 3.63) is 53.9 Å². The van der Waals surface area contributed by atoms with Crippen LogP contribution in [-0.2, 0) is 16.0 Å². The molecule has 57 heavy (non-hydrogen) atoms. The topological polar surface area (TPSA) is 111 Å². The van der Waals surface area contributed by atoms with Crippen LogP contribution in [0.5, 0.6) is 6.01 Å². The molecular formula is C48H72N4O4S. The number of aliphatic carboxylic acids is 1. The third-order valence-corrected chi connectivity index (χ3v) is 19.9. The van der Waals surface area contributed by atoms with Crippen LogP contribution in [-0.4, -0.2) is 80.3 Å². The summed E-state index contributed by atoms with van der Waals surface area (Å²) in [5, 5.41) is 14.7. The quantitative estimate of drug-likeness (QED) is 0.169. The van der Waals surface area contributed by atoms with Crippen molar-refractivity contribution in [1.82, 2.24) is 20.2 Å². The second-order valence-corrected chi connectivity index (χ2v) is 22.8. The van der Waals surface area contributed by atoms with Gasteiger partial charge >= 0.3 is 12.0 Å². The van der Waals surface area contributed by atoms with Crippen molar-refractivity contribution in [3.8, 4) is 6.01 Å². The van der Waals surface area contributed by atoms with Gasteiger partial charge in [-0.3, -0.25) is 9.69 Å². The summed E-state index contributed by atoms with van der Waals surface area (Å²) in [4.78, 5) is 23.6. The molecule has 0 bridgehead atoms. The lowest BCUT2D eigenvalue weighted by Crippen LogP contribution is -2.68. The van der Waals surface area contributed by atoms with E-state index in [1.54, 1.807) is 18.5 Å². The number of fused-ring (bicyclic) bond motifs is 7. The fourth-order valence-electron chi connectivity index (χ4n) is 15.3. The standard InChI is InChI=1S/C48H72N4O4S/c1-33(2)35-13-20-48(51-26-27-52-28-31-57(55)32-29-52)22-21-45(6)37(40(35)48)9-10-39-44(5)16-14-36(43(3,4)38(44)15-17-46(39,45)7)34-11-18-47(19-12-34,41(53)54)23-30-56-42-49-24-8-25-50-42/h8,11,14,24-25,35,37-40,51H,1,9-10,12-13,15-23,26-32H2,2-7H3,(H,53,54)/t35-,37+,38-,39+,40+,44-,45+,46+,47?,48-/m0/s1. The lowest BCUT2D eigenvalue weighted by molar-refractivity contribution is -0.221. The van der Waals surface area contributed by atoms with Gasteiger partial charge in [0.05, 0.1) is 12.0 Å². The van der Waals surface area contributed by atoms with Crippen LogP contribution in [0.2, 0.25) is 0 Å². The van der Waals surface area contributed by atoms with Gasteiger partial charge in [-0.15, -0.1) is 0 Å². The minimum atomic E-state index is -0.821. The second-order valence-electron chi connectivity index (χ2n) is 21.2. The van der Waals surface area contributed by atoms with E-state index in [0.717, 1.165) is 50.5 Å². The van der Waals surface area contributed by atoms with E-state index < -0.39 is 22.6 Å². The van der Waals surface area contributed by atoms with Gasteiger partial charge in [0.1, 0.15) is 11.5 Å². The lowest BCUT2D eigenvalue weighted by Gasteiger charge is -2.72. The Hall–Kier alpha value is -2.20. The van der Waals surface area contributed by atoms with Crippen molar-refractivity contribution in [1.29, 1.82) is 0 Å². The van der Waals surface area contributed by atoms with Crippen LogP contribution in [0, 0.1) is 56.7 Å². The molecule has 6 aliphatic carbocycles. The number of aromatic nitrogens is 2. The predicted molar refractivity (Wildman–Crippen MR) is 229 cm³/mol. The van der Waals surface area contributed by atoms with Gasteiger partial charge in [-0.2, -0.15) is 0 Å². The van der Waals surface area contributed by atoms with Crippen molar-refractivity contribution >= 4 is 17.1 Å². The summed E-state index contributed by atoms with van der Waals surface area (Å²) >= 11 is -0.629. The zero-order valence-electron chi connectivity index (χ0n) is 36.0. The number of nitrogens with one attached hydrogen (secondary N) is 1. The maximum Gasteiger partial charge on any atom is 0.316 e. The van der Waals surface area contributed by atoms with E-state index in [9.17, 15) is 14.5 Å². The Morgan fingerprint density at radius 3 is 2.40 bits per heavy atom. The van der Waals surface area contributed by atoms with Gasteiger partial charge in [0.25, 0.3) is 0 Å². The van der Waals surface area contributed by atoms with Gasteiger partial charge in [-0.25, -0.2) is 9.97 Å². The number of rotatable bonds is 11. The van der Waals surface area contributed by atoms with Crippen LogP contribution in [0.4, 0.5) is 0 Å². The number of ether oxygens (including phenoxy) is 1. The highest BCUT2D eigenvalue weighted by Crippen LogP contribution is 2.76. The minimum absolute atomic E-state index is 0.0282. The highest BCUT2D eigenvalue weighted by molar-refractivity contribution is 7.91. The fraction of sp³-hybridized carbons (Fsp3) is 0.771. The first-order valence-corrected chi connectivity index (χ1v) is 24.1. The molecule has 8 nitrogen and oxygen atoms in total. The molecule has 1 aromatic rings. The summed E-state index contributed by atoms with van der Waals surface area (Å²) in [6, 6.07) is 2.05. The molecule has 1 saturated heterocycles. The molecule has 0 radical (unpaired) electrons. The smallest absolute Gasteiger partial charge is 0.316 e. The SMILES string of the molecule is C=C(C)[C@@H]1CC[C@]2(NCCN3CC[S+]([O-])CC3)CC[C@]3(C)[C@H](CC[C@@H]4[C@@]5(C)CC=C(C6=CCC(CCOc7ncccn7)(C(=O)O)CC6)C(C)(C)[C@@H]5CC[C@]43C)[C@@H]12. The molecule has 9 heteroatoms. The first-order valence-electron chi connectivity index (χ1n) is 22.6. The molecule has 314 valence electrons. The van der Waals surface area contributed by atoms with E-state index >= 15 is 0 Å². The molecule has 8 rings (SSSR count). The van der Waals surface area contributed by atoms with E-state index in [2.05, 4.69) is 80.5 Å². The molecule has 2 heterocycles. The van der Waals surface area contributed by atoms with E-state index in [1.165, 1.54) is 68.1 Å². The van der Waals surface area contributed by atoms with Crippen molar-refractivity contribution < 1.29 is 19.2 Å². The van der Waals surface area contributed by atoms with Crippen LogP contribution in [0.3, 0.4) is 0 Å². The number of hydrogen-bond acceptors (Lipinski definition) is 7. The summed E-state index contributed by atoms with van der Waals surface area (Å²) in [5.41, 5.74) is 4.50. The average Bonchev–Trinajstić information content (AvgIpc) is 3.57. The molecule has 7 aliphatic rings. The Bertz CT molecular complexity index is 1740. The maximum atomic E-state index is 12.7. The van der Waals surface area contributed by atoms with Crippen LogP contribution >= 0.6 is 0 Å². The van der Waals surface area contributed by atoms with Crippen molar-refractivity contribution in [2.45, 2.75) is 131 Å². The molecule has 2 N–H and O–H groups in total. The van der Waals surface area contributed by atoms with Gasteiger partial charge in [0, 0.05) is 44.1 Å². The van der Waals surface area contributed by atoms with E-state index in [-0.39, 0.29) is 16.4 Å². The largest absolute Gasteiger partial charge is 0.616 e. The predicted octanol–water partition coefficient (Wildman–Crippen LogP) is 9.03. The first kappa shape index (κ1) is 41.5. The van der Waals surface area contributed by atoms with Crippen molar-refractivity contribution in [2.24, 2.45) is 56.7 Å². The average molecular weight is 801 g/mol. The van der Waals surface area contributed by atoms with Gasteiger partial charge in [0.15, 0.2) is 0 Å². The third kappa shape index (κ3) is 6.89. The molecule has 0 amide bonds. The third-order valence-electron chi connectivity index (χ3n) is 18.6. The molecule has 10 atom stereocenters. The number of allylic oxidation sites excluding steroid dienone is 5. The van der Waals surface area contributed by atoms with Crippen LogP contribution in [0.25, 0.3) is 0 Å². The second kappa shape index (κ2) is 15.4. The van der Waals surface area contributed by atoms with Crippen LogP contribution in [0.1, 0.15) is 125 Å². The molecule has 1 unspecified atom stereocenters. The minimum Gasteiger partial charge on any atom is -0.616 e. The van der Waals surface area contributed by atoms with Gasteiger partial charge in [-0.05, 0) is 159 Å². The first-order chi connectivity index (χ1) is 27.1. The summed E-state index contributed by atoms with van der Waals surface area (Å²) in [7, 11) is 0. The number of carboxylic acids is 1. The molecule has 0 aromatic carbocycles. The van der Waals surface area contributed by atoms with Gasteiger partial charge in [0.2, 0.25) is 0 Å². The monoisotopic (exact) mass is 801 g/mol. The Balaban J connectivity index is 0.998. The Labute approximate surface area is 346 Å². The Morgan fingerprint density at radius 2 is 1.72 bits per heavy atom. The van der Waals surface area contributed by atoms with Gasteiger partial charge in [-0.1, -0.05) is 70.1 Å². The highest BCUT2D eigenvalue weighted by Gasteiger charge is 2.70. The molecule has 1 aliphatic heterocycles. The molecule has 4 saturated carbocycles. The highest BCUT2D eigenvalue weighted by atomic mass is 32.2. The maximum absolute atomic E-state index is 12.7. The summed E-state index contributed by atoms with van der Waals surface area (Å²) < 4.78 is 17.8. The molecule has 1 aromatic heterocycles. The summed E-state index contributed by atoms with van der Waals surface area (Å²) in [5.74, 6) is 4.16. The van der Waals surface area contributed by atoms with E-state index in [4.69, 9.17) is 4.74 Å². The number of carbonyl (C=O) groups is 1. The Kier molecular flexibility index (Phi) is 11.2. The van der Waals surface area contributed by atoms with Crippen LogP contribution < -0.4 is 10.1 Å². The van der Waals surface area contributed by atoms with Crippen molar-refractivity contribution in [2.75, 3.05) is 44.3 Å². The summed E-state index contributed by atoms with van der Waals surface area (Å²) in [6.45, 7) is 24.5. The summed E-state index contributed by atoms with van der Waals surface area (Å²) in [6.07, 6.45) is 22.1. The number of carboxylic acid groups (broad SMARTS) is 1. The normalized spacial score (nSPS) is 41.8. The zero-order valence-corrected chi connectivity index (χ0v) is 36.9. The Morgan fingerprint density at radius 1 is 0.965 bits per heavy atom. The fourth-order valence-corrected chi connectivity index (χ4v) is 16.5. The van der Waals surface area contributed by atoms with Gasteiger partial charge < -0.3 is 19.7 Å². The molecule has 5 fully saturated rings. The zero-order chi connectivity index (χ0) is 40.4. The number of nitrogens with zero attached hydrogens (tertiary/aromatic N) is 3. The lowest BCUT2D eigenvalue weighted by atomic mass is 9.33.